The largest absolute Gasteiger partial charge is 0.367 e. The lowest BCUT2D eigenvalue weighted by Crippen LogP contribution is -2.18. The lowest BCUT2D eigenvalue weighted by atomic mass is 10.1. The Morgan fingerprint density at radius 1 is 1.56 bits per heavy atom. The van der Waals surface area contributed by atoms with Crippen molar-refractivity contribution < 1.29 is 0 Å². The molecule has 2 heterocycles. The van der Waals surface area contributed by atoms with Crippen LogP contribution in [-0.4, -0.2) is 14.8 Å². The predicted molar refractivity (Wildman–Crippen MR) is 64.0 cm³/mol. The average molecular weight is 218 g/mol. The maximum absolute atomic E-state index is 4.35. The topological polar surface area (TPSA) is 45.6 Å². The van der Waals surface area contributed by atoms with Crippen LogP contribution in [0.25, 0.3) is 0 Å². The molecule has 0 aliphatic heterocycles. The van der Waals surface area contributed by atoms with Gasteiger partial charge in [-0.25, -0.2) is 0 Å². The van der Waals surface area contributed by atoms with Crippen molar-refractivity contribution in [2.24, 2.45) is 7.05 Å². The standard InChI is InChI=1S/C12H18N4/c1-9(12-8-16(3)15-10(12)2)14-7-11-4-5-13-6-11/h4-6,8-9,13-14H,7H2,1-3H3. The van der Waals surface area contributed by atoms with Gasteiger partial charge >= 0.3 is 0 Å². The van der Waals surface area contributed by atoms with Gasteiger partial charge in [0.25, 0.3) is 0 Å². The van der Waals surface area contributed by atoms with Crippen LogP contribution in [0.1, 0.15) is 29.8 Å². The summed E-state index contributed by atoms with van der Waals surface area (Å²) in [5, 5.41) is 7.83. The number of aryl methyl sites for hydroxylation is 2. The van der Waals surface area contributed by atoms with Crippen molar-refractivity contribution >= 4 is 0 Å². The molecule has 4 heteroatoms. The number of H-pyrrole nitrogens is 1. The van der Waals surface area contributed by atoms with Crippen LogP contribution in [-0.2, 0) is 13.6 Å². The van der Waals surface area contributed by atoms with Crippen LogP contribution in [0, 0.1) is 6.92 Å². The molecule has 4 nitrogen and oxygen atoms in total. The molecule has 2 aromatic rings. The number of aromatic nitrogens is 3. The maximum Gasteiger partial charge on any atom is 0.0641 e. The zero-order valence-electron chi connectivity index (χ0n) is 9.99. The minimum absolute atomic E-state index is 0.323. The second-order valence-corrected chi connectivity index (χ2v) is 4.17. The molecule has 0 radical (unpaired) electrons. The van der Waals surface area contributed by atoms with Gasteiger partial charge in [0.1, 0.15) is 0 Å². The van der Waals surface area contributed by atoms with Crippen molar-refractivity contribution in [3.63, 3.8) is 0 Å². The number of nitrogens with one attached hydrogen (secondary N) is 2. The molecule has 86 valence electrons. The lowest BCUT2D eigenvalue weighted by Gasteiger charge is -2.12. The van der Waals surface area contributed by atoms with E-state index in [9.17, 15) is 0 Å². The van der Waals surface area contributed by atoms with Crippen LogP contribution in [0.4, 0.5) is 0 Å². The third-order valence-electron chi connectivity index (χ3n) is 2.79. The fraction of sp³-hybridized carbons (Fsp3) is 0.417. The fourth-order valence-corrected chi connectivity index (χ4v) is 1.89. The monoisotopic (exact) mass is 218 g/mol. The van der Waals surface area contributed by atoms with Crippen LogP contribution in [0.15, 0.2) is 24.7 Å². The number of aromatic amines is 1. The molecule has 0 saturated heterocycles. The maximum atomic E-state index is 4.35. The van der Waals surface area contributed by atoms with E-state index < -0.39 is 0 Å². The molecule has 16 heavy (non-hydrogen) atoms. The van der Waals surface area contributed by atoms with E-state index in [1.807, 2.05) is 31.0 Å². The van der Waals surface area contributed by atoms with Crippen LogP contribution >= 0.6 is 0 Å². The minimum Gasteiger partial charge on any atom is -0.367 e. The Kier molecular flexibility index (Phi) is 3.10. The second-order valence-electron chi connectivity index (χ2n) is 4.17. The van der Waals surface area contributed by atoms with E-state index in [1.165, 1.54) is 11.1 Å². The summed E-state index contributed by atoms with van der Waals surface area (Å²) in [6, 6.07) is 2.40. The lowest BCUT2D eigenvalue weighted by molar-refractivity contribution is 0.572. The Bertz CT molecular complexity index is 442. The molecule has 1 atom stereocenters. The summed E-state index contributed by atoms with van der Waals surface area (Å²) in [5.74, 6) is 0. The summed E-state index contributed by atoms with van der Waals surface area (Å²) in [6.45, 7) is 5.08. The molecule has 0 fully saturated rings. The minimum atomic E-state index is 0.323. The second kappa shape index (κ2) is 4.53. The Morgan fingerprint density at radius 2 is 2.38 bits per heavy atom. The van der Waals surface area contributed by atoms with Crippen molar-refractivity contribution in [3.8, 4) is 0 Å². The Morgan fingerprint density at radius 3 is 2.94 bits per heavy atom. The first kappa shape index (κ1) is 11.0. The van der Waals surface area contributed by atoms with E-state index in [2.05, 4.69) is 34.6 Å². The van der Waals surface area contributed by atoms with E-state index in [-0.39, 0.29) is 0 Å². The van der Waals surface area contributed by atoms with Crippen molar-refractivity contribution in [3.05, 3.63) is 41.5 Å². The molecule has 0 bridgehead atoms. The van der Waals surface area contributed by atoms with E-state index in [1.54, 1.807) is 0 Å². The SMILES string of the molecule is Cc1nn(C)cc1C(C)NCc1cc[nH]c1. The van der Waals surface area contributed by atoms with Crippen LogP contribution in [0.2, 0.25) is 0 Å². The van der Waals surface area contributed by atoms with Crippen molar-refractivity contribution in [2.75, 3.05) is 0 Å². The van der Waals surface area contributed by atoms with Crippen LogP contribution in [0.3, 0.4) is 0 Å². The average Bonchev–Trinajstić information content (AvgIpc) is 2.84. The first-order valence-electron chi connectivity index (χ1n) is 5.52. The zero-order valence-corrected chi connectivity index (χ0v) is 9.99. The van der Waals surface area contributed by atoms with Crippen LogP contribution in [0.5, 0.6) is 0 Å². The summed E-state index contributed by atoms with van der Waals surface area (Å²) in [6.07, 6.45) is 6.02. The van der Waals surface area contributed by atoms with E-state index in [0.29, 0.717) is 6.04 Å². The number of hydrogen-bond donors (Lipinski definition) is 2. The molecule has 0 aliphatic rings. The smallest absolute Gasteiger partial charge is 0.0641 e. The van der Waals surface area contributed by atoms with Gasteiger partial charge in [-0.1, -0.05) is 0 Å². The Balaban J connectivity index is 1.98. The highest BCUT2D eigenvalue weighted by molar-refractivity contribution is 5.19. The first-order chi connectivity index (χ1) is 7.66. The Hall–Kier alpha value is -1.55. The molecule has 0 aliphatic carbocycles. The van der Waals surface area contributed by atoms with Crippen molar-refractivity contribution in [1.29, 1.82) is 0 Å². The first-order valence-corrected chi connectivity index (χ1v) is 5.52. The van der Waals surface area contributed by atoms with E-state index >= 15 is 0 Å². The van der Waals surface area contributed by atoms with Gasteiger partial charge in [0.15, 0.2) is 0 Å². The Labute approximate surface area is 95.7 Å². The highest BCUT2D eigenvalue weighted by atomic mass is 15.3. The van der Waals surface area contributed by atoms with Crippen molar-refractivity contribution in [2.45, 2.75) is 26.4 Å². The molecule has 2 N–H and O–H groups in total. The van der Waals surface area contributed by atoms with Gasteiger partial charge in [-0.2, -0.15) is 5.10 Å². The predicted octanol–water partition coefficient (Wildman–Crippen LogP) is 1.91. The summed E-state index contributed by atoms with van der Waals surface area (Å²) in [7, 11) is 1.95. The van der Waals surface area contributed by atoms with Crippen molar-refractivity contribution in [1.82, 2.24) is 20.1 Å². The van der Waals surface area contributed by atoms with Gasteiger partial charge in [0, 0.05) is 43.8 Å². The molecular weight excluding hydrogens is 200 g/mol. The van der Waals surface area contributed by atoms with Gasteiger partial charge < -0.3 is 10.3 Å². The quantitative estimate of drug-likeness (QED) is 0.823. The van der Waals surface area contributed by atoms with Gasteiger partial charge in [-0.3, -0.25) is 4.68 Å². The zero-order chi connectivity index (χ0) is 11.5. The van der Waals surface area contributed by atoms with E-state index in [4.69, 9.17) is 0 Å². The van der Waals surface area contributed by atoms with Gasteiger partial charge in [-0.05, 0) is 25.5 Å². The third-order valence-corrected chi connectivity index (χ3v) is 2.79. The number of hydrogen-bond acceptors (Lipinski definition) is 2. The molecule has 1 unspecified atom stereocenters. The van der Waals surface area contributed by atoms with Gasteiger partial charge in [-0.15, -0.1) is 0 Å². The molecule has 2 rings (SSSR count). The highest BCUT2D eigenvalue weighted by Crippen LogP contribution is 2.15. The summed E-state index contributed by atoms with van der Waals surface area (Å²) < 4.78 is 1.86. The van der Waals surface area contributed by atoms with Gasteiger partial charge in [0.05, 0.1) is 5.69 Å². The fourth-order valence-electron chi connectivity index (χ4n) is 1.89. The number of nitrogens with zero attached hydrogens (tertiary/aromatic N) is 2. The molecule has 0 spiro atoms. The molecule has 0 saturated carbocycles. The van der Waals surface area contributed by atoms with E-state index in [0.717, 1.165) is 12.2 Å². The summed E-state index contributed by atoms with van der Waals surface area (Å²) in [5.41, 5.74) is 3.63. The third kappa shape index (κ3) is 2.33. The summed E-state index contributed by atoms with van der Waals surface area (Å²) in [4.78, 5) is 3.05. The molecule has 2 aromatic heterocycles. The molecular formula is C12H18N4. The molecule has 0 amide bonds. The van der Waals surface area contributed by atoms with Gasteiger partial charge in [0.2, 0.25) is 0 Å². The number of rotatable bonds is 4. The summed E-state index contributed by atoms with van der Waals surface area (Å²) >= 11 is 0. The highest BCUT2D eigenvalue weighted by Gasteiger charge is 2.10. The normalized spacial score (nSPS) is 12.9. The van der Waals surface area contributed by atoms with Crippen LogP contribution < -0.4 is 5.32 Å². The molecule has 0 aromatic carbocycles.